The molecule has 2 heterocycles. The Morgan fingerprint density at radius 2 is 1.74 bits per heavy atom. The van der Waals surface area contributed by atoms with Crippen LogP contribution >= 0.6 is 23.1 Å². The molecule has 1 aliphatic heterocycles. The first-order chi connectivity index (χ1) is 20.9. The van der Waals surface area contributed by atoms with E-state index < -0.39 is 17.7 Å². The molecule has 1 saturated heterocycles. The largest absolute Gasteiger partial charge is 0.507 e. The zero-order valence-corrected chi connectivity index (χ0v) is 25.6. The Morgan fingerprint density at radius 1 is 0.977 bits per heavy atom. The number of ketones is 1. The van der Waals surface area contributed by atoms with Gasteiger partial charge in [0.05, 0.1) is 32.4 Å². The number of ether oxygens (including phenoxy) is 3. The number of carbonyl (C=O) groups is 2. The Morgan fingerprint density at radius 3 is 2.44 bits per heavy atom. The van der Waals surface area contributed by atoms with Crippen molar-refractivity contribution in [2.75, 3.05) is 25.7 Å². The molecule has 3 aromatic carbocycles. The van der Waals surface area contributed by atoms with E-state index >= 15 is 0 Å². The third-order valence-corrected chi connectivity index (χ3v) is 9.00. The molecule has 1 unspecified atom stereocenters. The van der Waals surface area contributed by atoms with Gasteiger partial charge >= 0.3 is 5.91 Å². The first-order valence-corrected chi connectivity index (χ1v) is 15.5. The Kier molecular flexibility index (Phi) is 9.63. The number of anilines is 1. The number of thioether (sulfide) groups is 1. The van der Waals surface area contributed by atoms with Gasteiger partial charge in [0, 0.05) is 11.3 Å². The van der Waals surface area contributed by atoms with E-state index in [0.29, 0.717) is 45.1 Å². The molecule has 11 heteroatoms. The monoisotopic (exact) mass is 617 g/mol. The zero-order chi connectivity index (χ0) is 30.3. The number of aliphatic hydroxyl groups excluding tert-OH is 1. The lowest BCUT2D eigenvalue weighted by Crippen LogP contribution is -2.29. The number of benzene rings is 3. The van der Waals surface area contributed by atoms with Crippen molar-refractivity contribution in [3.05, 3.63) is 95.1 Å². The molecule has 1 aromatic heterocycles. The quantitative estimate of drug-likeness (QED) is 0.0466. The van der Waals surface area contributed by atoms with E-state index in [0.717, 1.165) is 18.4 Å². The molecule has 43 heavy (non-hydrogen) atoms. The summed E-state index contributed by atoms with van der Waals surface area (Å²) in [6.45, 7) is 2.60. The number of aliphatic hydroxyl groups is 1. The number of carbonyl (C=O) groups excluding carboxylic acids is 2. The van der Waals surface area contributed by atoms with E-state index in [-0.39, 0.29) is 16.5 Å². The van der Waals surface area contributed by atoms with Crippen LogP contribution in [0.3, 0.4) is 0 Å². The molecular formula is C32H31N3O6S2. The van der Waals surface area contributed by atoms with Gasteiger partial charge in [0.1, 0.15) is 11.5 Å². The lowest BCUT2D eigenvalue weighted by atomic mass is 9.95. The Hall–Kier alpha value is -4.35. The number of Topliss-reactive ketones (excluding diaryl/α,β-unsaturated/α-hetero) is 1. The summed E-state index contributed by atoms with van der Waals surface area (Å²) >= 11 is 2.70. The summed E-state index contributed by atoms with van der Waals surface area (Å²) in [7, 11) is 3.07. The van der Waals surface area contributed by atoms with Gasteiger partial charge in [-0.3, -0.25) is 14.5 Å². The second kappa shape index (κ2) is 13.7. The summed E-state index contributed by atoms with van der Waals surface area (Å²) in [5, 5.41) is 20.3. The fraction of sp³-hybridized carbons (Fsp3) is 0.250. The maximum atomic E-state index is 13.6. The van der Waals surface area contributed by atoms with Crippen LogP contribution in [0.15, 0.2) is 82.7 Å². The van der Waals surface area contributed by atoms with Crippen LogP contribution in [-0.2, 0) is 15.3 Å². The van der Waals surface area contributed by atoms with Crippen molar-refractivity contribution < 1.29 is 28.9 Å². The highest BCUT2D eigenvalue weighted by Crippen LogP contribution is 2.45. The number of hydrogen-bond acceptors (Lipinski definition) is 10. The van der Waals surface area contributed by atoms with E-state index in [4.69, 9.17) is 14.2 Å². The molecule has 1 amide bonds. The van der Waals surface area contributed by atoms with E-state index in [1.54, 1.807) is 42.5 Å². The fourth-order valence-corrected chi connectivity index (χ4v) is 6.45. The minimum Gasteiger partial charge on any atom is -0.507 e. The third kappa shape index (κ3) is 6.52. The first kappa shape index (κ1) is 30.1. The number of methoxy groups -OCH3 is 2. The van der Waals surface area contributed by atoms with E-state index in [9.17, 15) is 14.7 Å². The first-order valence-electron chi connectivity index (χ1n) is 13.7. The summed E-state index contributed by atoms with van der Waals surface area (Å²) in [4.78, 5) is 28.5. The summed E-state index contributed by atoms with van der Waals surface area (Å²) in [6.07, 6.45) is 1.86. The molecule has 5 rings (SSSR count). The molecule has 1 fully saturated rings. The number of rotatable bonds is 12. The highest BCUT2D eigenvalue weighted by atomic mass is 32.2. The molecule has 4 aromatic rings. The highest BCUT2D eigenvalue weighted by molar-refractivity contribution is 8.00. The maximum absolute atomic E-state index is 13.6. The Balaban J connectivity index is 1.56. The summed E-state index contributed by atoms with van der Waals surface area (Å²) < 4.78 is 17.4. The van der Waals surface area contributed by atoms with Crippen LogP contribution in [-0.4, -0.2) is 47.8 Å². The third-order valence-electron chi connectivity index (χ3n) is 6.87. The lowest BCUT2D eigenvalue weighted by Gasteiger charge is -2.23. The van der Waals surface area contributed by atoms with Gasteiger partial charge < -0.3 is 19.3 Å². The predicted molar refractivity (Wildman–Crippen MR) is 167 cm³/mol. The van der Waals surface area contributed by atoms with Gasteiger partial charge in [-0.2, -0.15) is 0 Å². The lowest BCUT2D eigenvalue weighted by molar-refractivity contribution is -0.132. The van der Waals surface area contributed by atoms with Gasteiger partial charge in [0.2, 0.25) is 5.13 Å². The highest BCUT2D eigenvalue weighted by Gasteiger charge is 2.48. The smallest absolute Gasteiger partial charge is 0.301 e. The van der Waals surface area contributed by atoms with Gasteiger partial charge in [0.15, 0.2) is 15.8 Å². The van der Waals surface area contributed by atoms with Crippen molar-refractivity contribution >= 4 is 45.7 Å². The molecule has 222 valence electrons. The van der Waals surface area contributed by atoms with Crippen LogP contribution in [0.4, 0.5) is 5.13 Å². The molecule has 0 radical (unpaired) electrons. The SMILES string of the molecule is CCCCOc1ccc(C2/C(=C(/O)c3ccc(OC)cc3)C(=O)C(=O)N2c2nnc(SCc3ccccc3)s2)cc1OC. The average molecular weight is 618 g/mol. The molecular weight excluding hydrogens is 587 g/mol. The molecule has 0 bridgehead atoms. The molecule has 0 aliphatic carbocycles. The topological polar surface area (TPSA) is 111 Å². The van der Waals surface area contributed by atoms with E-state index in [2.05, 4.69) is 17.1 Å². The number of hydrogen-bond donors (Lipinski definition) is 1. The van der Waals surface area contributed by atoms with E-state index in [1.807, 2.05) is 30.3 Å². The van der Waals surface area contributed by atoms with Crippen LogP contribution in [0.5, 0.6) is 17.2 Å². The normalized spacial score (nSPS) is 16.0. The van der Waals surface area contributed by atoms with Gasteiger partial charge in [-0.15, -0.1) is 10.2 Å². The van der Waals surface area contributed by atoms with Gasteiger partial charge in [-0.1, -0.05) is 72.8 Å². The van der Waals surface area contributed by atoms with Crippen LogP contribution in [0.1, 0.15) is 42.5 Å². The molecule has 9 nitrogen and oxygen atoms in total. The zero-order valence-electron chi connectivity index (χ0n) is 24.0. The number of aromatic nitrogens is 2. The summed E-state index contributed by atoms with van der Waals surface area (Å²) in [5.41, 5.74) is 1.97. The molecule has 1 atom stereocenters. The van der Waals surface area contributed by atoms with Gasteiger partial charge in [-0.05, 0) is 53.9 Å². The van der Waals surface area contributed by atoms with Crippen LogP contribution in [0, 0.1) is 0 Å². The Bertz CT molecular complexity index is 1620. The van der Waals surface area contributed by atoms with Crippen molar-refractivity contribution in [3.63, 3.8) is 0 Å². The van der Waals surface area contributed by atoms with Crippen LogP contribution in [0.25, 0.3) is 5.76 Å². The number of amides is 1. The van der Waals surface area contributed by atoms with Crippen LogP contribution < -0.4 is 19.1 Å². The molecule has 0 spiro atoms. The molecule has 0 saturated carbocycles. The predicted octanol–water partition coefficient (Wildman–Crippen LogP) is 6.65. The maximum Gasteiger partial charge on any atom is 0.301 e. The van der Waals surface area contributed by atoms with Crippen molar-refractivity contribution in [1.29, 1.82) is 0 Å². The minimum atomic E-state index is -0.986. The van der Waals surface area contributed by atoms with Crippen molar-refractivity contribution in [2.24, 2.45) is 0 Å². The average Bonchev–Trinajstić information content (AvgIpc) is 3.62. The van der Waals surface area contributed by atoms with Crippen LogP contribution in [0.2, 0.25) is 0 Å². The Labute approximate surface area is 258 Å². The number of unbranched alkanes of at least 4 members (excludes halogenated alkanes) is 1. The second-order valence-electron chi connectivity index (χ2n) is 9.63. The fourth-order valence-electron chi connectivity index (χ4n) is 4.63. The van der Waals surface area contributed by atoms with Crippen molar-refractivity contribution in [1.82, 2.24) is 10.2 Å². The summed E-state index contributed by atoms with van der Waals surface area (Å²) in [6, 6.07) is 20.8. The number of nitrogens with zero attached hydrogens (tertiary/aromatic N) is 3. The summed E-state index contributed by atoms with van der Waals surface area (Å²) in [5.74, 6) is 0.311. The van der Waals surface area contributed by atoms with Gasteiger partial charge in [-0.25, -0.2) is 0 Å². The minimum absolute atomic E-state index is 0.0643. The standard InChI is InChI=1S/C32H31N3O6S2/c1-4-5-17-41-24-16-13-22(18-25(24)40-3)27-26(28(36)21-11-14-23(39-2)15-12-21)29(37)30(38)35(27)31-33-34-32(43-31)42-19-20-9-7-6-8-10-20/h6-16,18,27,36H,4-5,17,19H2,1-3H3/b28-26-. The van der Waals surface area contributed by atoms with Crippen molar-refractivity contribution in [2.45, 2.75) is 35.9 Å². The van der Waals surface area contributed by atoms with E-state index in [1.165, 1.54) is 42.2 Å². The molecule has 1 aliphatic rings. The molecule has 1 N–H and O–H groups in total. The second-order valence-corrected chi connectivity index (χ2v) is 11.8. The van der Waals surface area contributed by atoms with Gasteiger partial charge in [0.25, 0.3) is 5.78 Å². The van der Waals surface area contributed by atoms with Crippen molar-refractivity contribution in [3.8, 4) is 17.2 Å².